The Labute approximate surface area is 187 Å². The Morgan fingerprint density at radius 1 is 1.19 bits per heavy atom. The number of aryl methyl sites for hydroxylation is 1. The van der Waals surface area contributed by atoms with Gasteiger partial charge in [-0.3, -0.25) is 4.79 Å². The summed E-state index contributed by atoms with van der Waals surface area (Å²) in [6.45, 7) is 1.95. The number of carbonyl (C=O) groups excluding carboxylic acids is 1. The lowest BCUT2D eigenvalue weighted by molar-refractivity contribution is -0.275. The number of likely N-dealkylation sites (N-methyl/N-ethyl adjacent to an activating group) is 1. The Hall–Kier alpha value is -2.29. The summed E-state index contributed by atoms with van der Waals surface area (Å²) in [4.78, 5) is 18.8. The van der Waals surface area contributed by atoms with Gasteiger partial charge in [-0.15, -0.1) is 0 Å². The fourth-order valence-corrected chi connectivity index (χ4v) is 3.78. The molecule has 0 saturated heterocycles. The smallest absolute Gasteiger partial charge is 0.374 e. The van der Waals surface area contributed by atoms with Gasteiger partial charge in [0.05, 0.1) is 12.3 Å². The van der Waals surface area contributed by atoms with Crippen LogP contribution in [0.2, 0.25) is 10.0 Å². The average molecular weight is 474 g/mol. The molecule has 10 heteroatoms. The topological polar surface area (TPSA) is 53.9 Å². The summed E-state index contributed by atoms with van der Waals surface area (Å²) in [7, 11) is 3.51. The van der Waals surface area contributed by atoms with Gasteiger partial charge in [-0.25, -0.2) is 0 Å². The molecule has 0 radical (unpaired) electrons. The average Bonchev–Trinajstić information content (AvgIpc) is 3.09. The first-order valence-corrected chi connectivity index (χ1v) is 10.0. The fraction of sp³-hybridized carbons (Fsp3) is 0.333. The van der Waals surface area contributed by atoms with E-state index >= 15 is 0 Å². The van der Waals surface area contributed by atoms with Crippen molar-refractivity contribution in [3.8, 4) is 0 Å². The van der Waals surface area contributed by atoms with Crippen LogP contribution in [0, 0.1) is 6.92 Å². The Bertz CT molecular complexity index is 1020. The maximum absolute atomic E-state index is 14.1. The predicted octanol–water partition coefficient (Wildman–Crippen LogP) is 5.38. The van der Waals surface area contributed by atoms with Crippen molar-refractivity contribution in [2.24, 2.45) is 5.16 Å². The van der Waals surface area contributed by atoms with Gasteiger partial charge in [0, 0.05) is 33.3 Å². The number of halogens is 5. The Balaban J connectivity index is 1.93. The molecule has 1 aliphatic heterocycles. The summed E-state index contributed by atoms with van der Waals surface area (Å²) < 4.78 is 42.4. The van der Waals surface area contributed by atoms with E-state index in [1.54, 1.807) is 44.1 Å². The zero-order chi connectivity index (χ0) is 23.0. The molecule has 1 unspecified atom stereocenters. The number of nitrogens with one attached hydrogen (secondary N) is 1. The van der Waals surface area contributed by atoms with Gasteiger partial charge >= 0.3 is 6.18 Å². The Morgan fingerprint density at radius 2 is 1.84 bits per heavy atom. The second kappa shape index (κ2) is 8.68. The number of oxime groups is 1. The molecule has 1 heterocycles. The third-order valence-electron chi connectivity index (χ3n) is 4.82. The van der Waals surface area contributed by atoms with E-state index in [2.05, 4.69) is 10.5 Å². The van der Waals surface area contributed by atoms with Crippen molar-refractivity contribution >= 4 is 40.5 Å². The number of hydrogen-bond donors (Lipinski definition) is 1. The first-order chi connectivity index (χ1) is 14.4. The van der Waals surface area contributed by atoms with Gasteiger partial charge in [0.1, 0.15) is 0 Å². The van der Waals surface area contributed by atoms with E-state index in [9.17, 15) is 18.0 Å². The lowest BCUT2D eigenvalue weighted by Crippen LogP contribution is -2.42. The first kappa shape index (κ1) is 23.4. The molecule has 1 N–H and O–H groups in total. The Morgan fingerprint density at radius 3 is 2.42 bits per heavy atom. The van der Waals surface area contributed by atoms with Crippen molar-refractivity contribution in [1.82, 2.24) is 4.90 Å². The molecule has 0 aliphatic carbocycles. The van der Waals surface area contributed by atoms with Crippen LogP contribution in [0.15, 0.2) is 41.6 Å². The lowest BCUT2D eigenvalue weighted by atomic mass is 9.86. The molecule has 31 heavy (non-hydrogen) atoms. The number of carbonyl (C=O) groups is 1. The monoisotopic (exact) mass is 473 g/mol. The zero-order valence-electron chi connectivity index (χ0n) is 17.0. The molecule has 2 aromatic carbocycles. The van der Waals surface area contributed by atoms with Gasteiger partial charge in [-0.05, 0) is 50.8 Å². The molecule has 2 aromatic rings. The van der Waals surface area contributed by atoms with Gasteiger partial charge < -0.3 is 15.1 Å². The number of rotatable bonds is 5. The molecule has 0 aromatic heterocycles. The highest BCUT2D eigenvalue weighted by Gasteiger charge is 2.62. The Kier molecular flexibility index (Phi) is 6.55. The zero-order valence-corrected chi connectivity index (χ0v) is 18.5. The van der Waals surface area contributed by atoms with Crippen molar-refractivity contribution in [3.05, 3.63) is 63.1 Å². The van der Waals surface area contributed by atoms with Crippen LogP contribution in [0.4, 0.5) is 18.9 Å². The summed E-state index contributed by atoms with van der Waals surface area (Å²) in [5.41, 5.74) is -1.19. The minimum absolute atomic E-state index is 0.0596. The largest absolute Gasteiger partial charge is 0.435 e. The molecule has 1 atom stereocenters. The third-order valence-corrected chi connectivity index (χ3v) is 5.26. The van der Waals surface area contributed by atoms with E-state index in [0.717, 1.165) is 5.56 Å². The highest BCUT2D eigenvalue weighted by molar-refractivity contribution is 6.34. The molecular weight excluding hydrogens is 454 g/mol. The number of anilines is 1. The van der Waals surface area contributed by atoms with Crippen LogP contribution < -0.4 is 5.32 Å². The SMILES string of the molecule is Cc1ccc(C2=NOC(c3cc(Cl)cc(Cl)c3)(C(F)(F)F)C2)cc1NC(=O)CN(C)C. The van der Waals surface area contributed by atoms with E-state index in [-0.39, 0.29) is 33.8 Å². The molecule has 166 valence electrons. The lowest BCUT2D eigenvalue weighted by Gasteiger charge is -2.29. The molecule has 1 amide bonds. The molecule has 0 fully saturated rings. The first-order valence-electron chi connectivity index (χ1n) is 9.25. The van der Waals surface area contributed by atoms with E-state index in [1.807, 2.05) is 0 Å². The number of nitrogens with zero attached hydrogens (tertiary/aromatic N) is 2. The summed E-state index contributed by atoms with van der Waals surface area (Å²) in [6.07, 6.45) is -5.35. The fourth-order valence-electron chi connectivity index (χ4n) is 3.26. The summed E-state index contributed by atoms with van der Waals surface area (Å²) in [5.74, 6) is -0.243. The number of hydrogen-bond acceptors (Lipinski definition) is 4. The van der Waals surface area contributed by atoms with E-state index in [1.165, 1.54) is 18.2 Å². The van der Waals surface area contributed by atoms with Crippen LogP contribution in [-0.4, -0.2) is 43.3 Å². The second-order valence-corrected chi connectivity index (χ2v) is 8.48. The molecular formula is C21H20Cl2F3N3O2. The van der Waals surface area contributed by atoms with Crippen LogP contribution in [0.1, 0.15) is 23.1 Å². The van der Waals surface area contributed by atoms with Gasteiger partial charge in [-0.2, -0.15) is 13.2 Å². The van der Waals surface area contributed by atoms with Crippen LogP contribution in [-0.2, 0) is 15.2 Å². The number of benzene rings is 2. The van der Waals surface area contributed by atoms with E-state index in [4.69, 9.17) is 28.0 Å². The number of alkyl halides is 3. The van der Waals surface area contributed by atoms with Crippen LogP contribution in [0.5, 0.6) is 0 Å². The molecule has 0 saturated carbocycles. The van der Waals surface area contributed by atoms with E-state index < -0.39 is 18.2 Å². The summed E-state index contributed by atoms with van der Waals surface area (Å²) >= 11 is 11.9. The van der Waals surface area contributed by atoms with Crippen LogP contribution in [0.25, 0.3) is 0 Å². The van der Waals surface area contributed by atoms with Gasteiger partial charge in [0.25, 0.3) is 5.60 Å². The minimum atomic E-state index is -4.78. The molecule has 0 spiro atoms. The van der Waals surface area contributed by atoms with Gasteiger partial charge in [0.15, 0.2) is 0 Å². The van der Waals surface area contributed by atoms with Crippen molar-refractivity contribution < 1.29 is 22.8 Å². The molecule has 0 bridgehead atoms. The minimum Gasteiger partial charge on any atom is -0.374 e. The van der Waals surface area contributed by atoms with Crippen molar-refractivity contribution in [1.29, 1.82) is 0 Å². The molecule has 3 rings (SSSR count). The highest BCUT2D eigenvalue weighted by Crippen LogP contribution is 2.49. The van der Waals surface area contributed by atoms with Gasteiger partial charge in [-0.1, -0.05) is 40.5 Å². The summed E-state index contributed by atoms with van der Waals surface area (Å²) in [6, 6.07) is 8.60. The van der Waals surface area contributed by atoms with Crippen LogP contribution >= 0.6 is 23.2 Å². The normalized spacial score (nSPS) is 18.7. The third kappa shape index (κ3) is 4.97. The number of amides is 1. The van der Waals surface area contributed by atoms with Crippen molar-refractivity contribution in [3.63, 3.8) is 0 Å². The van der Waals surface area contributed by atoms with Crippen LogP contribution in [0.3, 0.4) is 0 Å². The maximum atomic E-state index is 14.1. The maximum Gasteiger partial charge on any atom is 0.435 e. The predicted molar refractivity (Wildman–Crippen MR) is 115 cm³/mol. The highest BCUT2D eigenvalue weighted by atomic mass is 35.5. The second-order valence-electron chi connectivity index (χ2n) is 7.60. The van der Waals surface area contributed by atoms with Crippen molar-refractivity contribution in [2.75, 3.05) is 26.0 Å². The standard InChI is InChI=1S/C21H20Cl2F3N3O2/c1-12-4-5-13(6-17(12)27-19(30)11-29(2)3)18-10-20(31-28-18,21(24,25)26)14-7-15(22)9-16(23)8-14/h4-9H,10-11H2,1-3H3,(H,27,30). The van der Waals surface area contributed by atoms with Gasteiger partial charge in [0.2, 0.25) is 5.91 Å². The van der Waals surface area contributed by atoms with E-state index in [0.29, 0.717) is 11.3 Å². The quantitative estimate of drug-likeness (QED) is 0.633. The van der Waals surface area contributed by atoms with Crippen molar-refractivity contribution in [2.45, 2.75) is 25.1 Å². The molecule has 1 aliphatic rings. The summed E-state index contributed by atoms with van der Waals surface area (Å²) in [5, 5.41) is 6.64. The molecule has 5 nitrogen and oxygen atoms in total.